The van der Waals surface area contributed by atoms with Crippen LogP contribution in [0.1, 0.15) is 5.56 Å². The minimum atomic E-state index is -1.78. The van der Waals surface area contributed by atoms with Gasteiger partial charge in [-0.2, -0.15) is 10.1 Å². The third-order valence-electron chi connectivity index (χ3n) is 4.22. The normalized spacial score (nSPS) is 21.4. The van der Waals surface area contributed by atoms with Crippen LogP contribution in [-0.2, 0) is 9.59 Å². The predicted molar refractivity (Wildman–Crippen MR) is 104 cm³/mol. The van der Waals surface area contributed by atoms with Crippen molar-refractivity contribution < 1.29 is 14.5 Å². The smallest absolute Gasteiger partial charge is 0.280 e. The Kier molecular flexibility index (Phi) is 4.08. The molecular weight excluding hydrogens is 384 g/mol. The fourth-order valence-electron chi connectivity index (χ4n) is 2.92. The van der Waals surface area contributed by atoms with Gasteiger partial charge in [0.2, 0.25) is 4.75 Å². The number of carbonyl (C=O) groups excluding carboxylic acids is 2. The van der Waals surface area contributed by atoms with Gasteiger partial charge in [-0.05, 0) is 24.3 Å². The van der Waals surface area contributed by atoms with Crippen LogP contribution in [0.3, 0.4) is 0 Å². The molecule has 4 rings (SSSR count). The molecule has 140 valence electrons. The number of benzene rings is 2. The number of thioether (sulfide) groups is 1. The number of amides is 2. The molecule has 3 N–H and O–H groups in total. The maximum Gasteiger partial charge on any atom is 0.280 e. The van der Waals surface area contributed by atoms with Gasteiger partial charge in [0, 0.05) is 17.7 Å². The Hall–Kier alpha value is -3.73. The number of para-hydroxylation sites is 1. The third-order valence-corrected chi connectivity index (χ3v) is 5.38. The van der Waals surface area contributed by atoms with Crippen LogP contribution < -0.4 is 16.2 Å². The summed E-state index contributed by atoms with van der Waals surface area (Å²) in [6.45, 7) is 0. The first kappa shape index (κ1) is 17.7. The average Bonchev–Trinajstić information content (AvgIpc) is 2.99. The number of non-ortho nitro benzene ring substituents is 1. The van der Waals surface area contributed by atoms with E-state index in [1.54, 1.807) is 30.3 Å². The third kappa shape index (κ3) is 2.60. The number of rotatable bonds is 3. The van der Waals surface area contributed by atoms with Crippen LogP contribution in [-0.4, -0.2) is 32.4 Å². The zero-order valence-corrected chi connectivity index (χ0v) is 14.9. The van der Waals surface area contributed by atoms with Gasteiger partial charge in [-0.15, -0.1) is 5.10 Å². The summed E-state index contributed by atoms with van der Waals surface area (Å²) in [6, 6.07) is 14.1. The van der Waals surface area contributed by atoms with Crippen molar-refractivity contribution >= 4 is 45.8 Å². The van der Waals surface area contributed by atoms with Crippen LogP contribution in [0.15, 0.2) is 64.8 Å². The van der Waals surface area contributed by atoms with Gasteiger partial charge in [-0.25, -0.2) is 5.43 Å². The summed E-state index contributed by atoms with van der Waals surface area (Å²) in [7, 11) is 0. The zero-order valence-electron chi connectivity index (χ0n) is 14.1. The maximum atomic E-state index is 13.3. The molecule has 1 unspecified atom stereocenters. The van der Waals surface area contributed by atoms with E-state index in [2.05, 4.69) is 15.6 Å². The summed E-state index contributed by atoms with van der Waals surface area (Å²) < 4.78 is -1.78. The Balaban J connectivity index is 1.88. The highest BCUT2D eigenvalue weighted by Crippen LogP contribution is 2.40. The number of amidine groups is 1. The number of anilines is 1. The molecule has 11 heteroatoms. The second kappa shape index (κ2) is 6.46. The van der Waals surface area contributed by atoms with Gasteiger partial charge >= 0.3 is 0 Å². The van der Waals surface area contributed by atoms with E-state index in [1.807, 2.05) is 0 Å². The molecule has 0 saturated carbocycles. The molecule has 0 bridgehead atoms. The molecule has 2 amide bonds. The van der Waals surface area contributed by atoms with Crippen LogP contribution in [0.5, 0.6) is 0 Å². The maximum absolute atomic E-state index is 13.3. The Bertz CT molecular complexity index is 1050. The number of nitrogens with one attached hydrogen (secondary N) is 1. The molecule has 0 radical (unpaired) electrons. The predicted octanol–water partition coefficient (Wildman–Crippen LogP) is 1.18. The number of nitro groups is 1. The van der Waals surface area contributed by atoms with E-state index in [-0.39, 0.29) is 16.6 Å². The van der Waals surface area contributed by atoms with Crippen LogP contribution in [0.25, 0.3) is 0 Å². The first-order valence-electron chi connectivity index (χ1n) is 7.99. The largest absolute Gasteiger partial charge is 0.377 e. The van der Waals surface area contributed by atoms with Gasteiger partial charge < -0.3 is 5.73 Å². The van der Waals surface area contributed by atoms with Crippen molar-refractivity contribution in [3.05, 3.63) is 70.3 Å². The standard InChI is InChI=1S/C17H12N6O4S/c18-16-20-19-14(24)17(28-16)13(10-6-8-12(9-7-10)23(26)27)21-22(15(17)25)11-4-2-1-3-5-11/h1-9H,(H2,18,20)(H,19,24). The van der Waals surface area contributed by atoms with E-state index in [0.29, 0.717) is 11.3 Å². The van der Waals surface area contributed by atoms with E-state index >= 15 is 0 Å². The van der Waals surface area contributed by atoms with E-state index in [4.69, 9.17) is 5.73 Å². The van der Waals surface area contributed by atoms with Crippen molar-refractivity contribution in [3.63, 3.8) is 0 Å². The molecule has 28 heavy (non-hydrogen) atoms. The Morgan fingerprint density at radius 1 is 1.11 bits per heavy atom. The molecule has 0 aliphatic carbocycles. The summed E-state index contributed by atoms with van der Waals surface area (Å²) in [5.74, 6) is -1.29. The van der Waals surface area contributed by atoms with Crippen LogP contribution >= 0.6 is 11.8 Å². The molecule has 2 heterocycles. The molecule has 1 spiro atoms. The van der Waals surface area contributed by atoms with E-state index in [1.165, 1.54) is 24.3 Å². The highest BCUT2D eigenvalue weighted by molar-refractivity contribution is 8.17. The molecule has 2 aromatic rings. The summed E-state index contributed by atoms with van der Waals surface area (Å²) in [4.78, 5) is 36.5. The highest BCUT2D eigenvalue weighted by atomic mass is 32.2. The van der Waals surface area contributed by atoms with Crippen molar-refractivity contribution in [2.45, 2.75) is 4.75 Å². The Morgan fingerprint density at radius 2 is 1.79 bits per heavy atom. The van der Waals surface area contributed by atoms with Gasteiger partial charge in [-0.1, -0.05) is 30.0 Å². The molecule has 2 aliphatic rings. The van der Waals surface area contributed by atoms with Crippen molar-refractivity contribution in [2.24, 2.45) is 15.9 Å². The lowest BCUT2D eigenvalue weighted by Gasteiger charge is -2.28. The first-order chi connectivity index (χ1) is 13.4. The van der Waals surface area contributed by atoms with Gasteiger partial charge in [0.1, 0.15) is 5.71 Å². The molecule has 0 saturated heterocycles. The Labute approximate surface area is 162 Å². The zero-order chi connectivity index (χ0) is 19.9. The molecule has 10 nitrogen and oxygen atoms in total. The lowest BCUT2D eigenvalue weighted by atomic mass is 9.94. The molecule has 2 aliphatic heterocycles. The number of nitrogens with zero attached hydrogens (tertiary/aromatic N) is 4. The number of hydrogen-bond acceptors (Lipinski definition) is 8. The second-order valence-corrected chi connectivity index (χ2v) is 7.11. The number of nitro benzene ring substituents is 1. The van der Waals surface area contributed by atoms with Gasteiger partial charge in [0.15, 0.2) is 5.17 Å². The second-order valence-electron chi connectivity index (χ2n) is 5.88. The van der Waals surface area contributed by atoms with E-state index in [0.717, 1.165) is 16.8 Å². The van der Waals surface area contributed by atoms with E-state index < -0.39 is 21.5 Å². The molecular formula is C17H12N6O4S. The van der Waals surface area contributed by atoms with E-state index in [9.17, 15) is 19.7 Å². The van der Waals surface area contributed by atoms with Crippen molar-refractivity contribution in [1.82, 2.24) is 5.43 Å². The summed E-state index contributed by atoms with van der Waals surface area (Å²) in [5, 5.41) is 20.1. The van der Waals surface area contributed by atoms with Gasteiger partial charge in [-0.3, -0.25) is 19.7 Å². The fraction of sp³-hybridized carbons (Fsp3) is 0.0588. The van der Waals surface area contributed by atoms with Crippen LogP contribution in [0.2, 0.25) is 0 Å². The fourth-order valence-corrected chi connectivity index (χ4v) is 3.89. The summed E-state index contributed by atoms with van der Waals surface area (Å²) >= 11 is 0.784. The molecule has 0 aromatic heterocycles. The SMILES string of the molecule is NC1=NNC(=O)C2(S1)C(=O)N(c1ccccc1)N=C2c1ccc([N+](=O)[O-])cc1. The average molecular weight is 396 g/mol. The molecule has 1 atom stereocenters. The molecule has 0 fully saturated rings. The van der Waals surface area contributed by atoms with Gasteiger partial charge in [0.05, 0.1) is 10.6 Å². The van der Waals surface area contributed by atoms with Gasteiger partial charge in [0.25, 0.3) is 17.5 Å². The quantitative estimate of drug-likeness (QED) is 0.453. The molecule has 2 aromatic carbocycles. The number of carbonyl (C=O) groups is 2. The minimum Gasteiger partial charge on any atom is -0.377 e. The lowest BCUT2D eigenvalue weighted by molar-refractivity contribution is -0.384. The lowest BCUT2D eigenvalue weighted by Crippen LogP contribution is -2.58. The number of nitrogens with two attached hydrogens (primary N) is 1. The topological polar surface area (TPSA) is 143 Å². The van der Waals surface area contributed by atoms with Crippen molar-refractivity contribution in [1.29, 1.82) is 0 Å². The van der Waals surface area contributed by atoms with Crippen molar-refractivity contribution in [3.8, 4) is 0 Å². The monoisotopic (exact) mass is 396 g/mol. The minimum absolute atomic E-state index is 0.00234. The Morgan fingerprint density at radius 3 is 2.43 bits per heavy atom. The summed E-state index contributed by atoms with van der Waals surface area (Å²) in [5.41, 5.74) is 8.90. The first-order valence-corrected chi connectivity index (χ1v) is 8.81. The van der Waals surface area contributed by atoms with Crippen LogP contribution in [0, 0.1) is 10.1 Å². The number of hydrazone groups is 2. The van der Waals surface area contributed by atoms with Crippen molar-refractivity contribution in [2.75, 3.05) is 5.01 Å². The highest BCUT2D eigenvalue weighted by Gasteiger charge is 2.60. The number of hydrogen-bond donors (Lipinski definition) is 2. The van der Waals surface area contributed by atoms with Crippen LogP contribution in [0.4, 0.5) is 11.4 Å². The summed E-state index contributed by atoms with van der Waals surface area (Å²) in [6.07, 6.45) is 0.